The molecule has 0 bridgehead atoms. The predicted molar refractivity (Wildman–Crippen MR) is 225 cm³/mol. The summed E-state index contributed by atoms with van der Waals surface area (Å²) in [5.74, 6) is -4.92. The third-order valence-corrected chi connectivity index (χ3v) is 10.0. The molecular formula is C46H54F4N4O7. The van der Waals surface area contributed by atoms with Gasteiger partial charge in [-0.25, -0.2) is 17.6 Å². The Bertz CT molecular complexity index is 2050. The molecule has 0 saturated carbocycles. The molecule has 11 nitrogen and oxygen atoms in total. The lowest BCUT2D eigenvalue weighted by Gasteiger charge is -2.23. The number of rotatable bonds is 10. The highest BCUT2D eigenvalue weighted by Gasteiger charge is 2.29. The maximum absolute atomic E-state index is 14.5. The van der Waals surface area contributed by atoms with Crippen LogP contribution in [-0.2, 0) is 9.59 Å². The van der Waals surface area contributed by atoms with Gasteiger partial charge < -0.3 is 36.2 Å². The highest BCUT2D eigenvalue weighted by atomic mass is 19.1. The van der Waals surface area contributed by atoms with Gasteiger partial charge in [-0.15, -0.1) is 0 Å². The Morgan fingerprint density at radius 1 is 0.541 bits per heavy atom. The van der Waals surface area contributed by atoms with Crippen LogP contribution >= 0.6 is 0 Å². The molecule has 2 aliphatic heterocycles. The first-order valence-electron chi connectivity index (χ1n) is 20.0. The minimum atomic E-state index is -0.954. The summed E-state index contributed by atoms with van der Waals surface area (Å²) < 4.78 is 68.5. The number of ketones is 2. The van der Waals surface area contributed by atoms with Crippen molar-refractivity contribution in [1.82, 2.24) is 10.6 Å². The van der Waals surface area contributed by atoms with E-state index in [9.17, 15) is 36.7 Å². The van der Waals surface area contributed by atoms with Crippen molar-refractivity contribution in [3.63, 3.8) is 0 Å². The summed E-state index contributed by atoms with van der Waals surface area (Å²) in [5, 5.41) is 11.4. The Balaban J connectivity index is 0.000000264. The van der Waals surface area contributed by atoms with Gasteiger partial charge in [-0.3, -0.25) is 19.2 Å². The fourth-order valence-corrected chi connectivity index (χ4v) is 6.47. The van der Waals surface area contributed by atoms with Crippen LogP contribution in [0.1, 0.15) is 87.9 Å². The summed E-state index contributed by atoms with van der Waals surface area (Å²) in [7, 11) is 0. The van der Waals surface area contributed by atoms with E-state index in [2.05, 4.69) is 21.3 Å². The van der Waals surface area contributed by atoms with Crippen LogP contribution in [0.2, 0.25) is 0 Å². The van der Waals surface area contributed by atoms with Gasteiger partial charge >= 0.3 is 0 Å². The summed E-state index contributed by atoms with van der Waals surface area (Å²) >= 11 is 0. The quantitative estimate of drug-likeness (QED) is 0.0907. The molecule has 61 heavy (non-hydrogen) atoms. The highest BCUT2D eigenvalue weighted by Crippen LogP contribution is 2.38. The number of hydrogen-bond acceptors (Lipinski definition) is 8. The number of nitrogens with one attached hydrogen (secondary N) is 4. The summed E-state index contributed by atoms with van der Waals surface area (Å²) in [4.78, 5) is 50.8. The van der Waals surface area contributed by atoms with Gasteiger partial charge in [0.2, 0.25) is 11.8 Å². The van der Waals surface area contributed by atoms with E-state index in [1.165, 1.54) is 0 Å². The smallest absolute Gasteiger partial charge is 0.229 e. The number of hydrogen-bond donors (Lipinski definition) is 4. The zero-order valence-corrected chi connectivity index (χ0v) is 35.2. The lowest BCUT2D eigenvalue weighted by Crippen LogP contribution is -2.32. The lowest BCUT2D eigenvalue weighted by atomic mass is 9.89. The number of anilines is 2. The number of amides is 2. The standard InChI is InChI=1S/2C23H26F2N2O3.H2O/c2*1-23(2,3)22(29)27-20-17(25)12-15(24)13-19(20)30-18-7-5-4-6-16(18)21(28)14-8-10-26-11-9-14;/h2*4-7,12-14,26H,8-11H2,1-3H3,(H,27,29);1H2. The van der Waals surface area contributed by atoms with Gasteiger partial charge in [-0.1, -0.05) is 65.8 Å². The van der Waals surface area contributed by atoms with E-state index in [0.717, 1.165) is 38.3 Å². The van der Waals surface area contributed by atoms with Gasteiger partial charge in [0.1, 0.15) is 34.5 Å². The summed E-state index contributed by atoms with van der Waals surface area (Å²) in [6, 6.07) is 16.6. The van der Waals surface area contributed by atoms with E-state index in [1.807, 2.05) is 0 Å². The fourth-order valence-electron chi connectivity index (χ4n) is 6.47. The molecule has 0 unspecified atom stereocenters. The Hall–Kier alpha value is -5.64. The number of piperidine rings is 2. The maximum atomic E-state index is 14.5. The Morgan fingerprint density at radius 2 is 0.869 bits per heavy atom. The monoisotopic (exact) mass is 850 g/mol. The Labute approximate surface area is 353 Å². The van der Waals surface area contributed by atoms with Gasteiger partial charge in [0.25, 0.3) is 0 Å². The molecule has 0 radical (unpaired) electrons. The minimum absolute atomic E-state index is 0. The first kappa shape index (κ1) is 48.0. The third kappa shape index (κ3) is 12.7. The van der Waals surface area contributed by atoms with Crippen LogP contribution < -0.4 is 30.7 Å². The van der Waals surface area contributed by atoms with Crippen LogP contribution in [0.5, 0.6) is 23.0 Å². The van der Waals surface area contributed by atoms with E-state index in [-0.39, 0.29) is 63.3 Å². The second-order valence-corrected chi connectivity index (χ2v) is 16.9. The zero-order chi connectivity index (χ0) is 43.8. The van der Waals surface area contributed by atoms with Crippen LogP contribution in [-0.4, -0.2) is 55.0 Å². The van der Waals surface area contributed by atoms with Crippen LogP contribution in [0.15, 0.2) is 72.8 Å². The molecule has 2 amide bonds. The molecule has 2 saturated heterocycles. The van der Waals surface area contributed by atoms with Crippen molar-refractivity contribution in [3.05, 3.63) is 107 Å². The van der Waals surface area contributed by atoms with Crippen LogP contribution in [0, 0.1) is 45.9 Å². The molecule has 6 rings (SSSR count). The van der Waals surface area contributed by atoms with Crippen LogP contribution in [0.4, 0.5) is 28.9 Å². The molecule has 2 aliphatic rings. The molecule has 2 fully saturated rings. The highest BCUT2D eigenvalue weighted by molar-refractivity contribution is 6.01. The molecule has 0 atom stereocenters. The van der Waals surface area contributed by atoms with Gasteiger partial charge in [0.05, 0.1) is 11.1 Å². The van der Waals surface area contributed by atoms with Crippen molar-refractivity contribution < 1.29 is 51.7 Å². The number of para-hydroxylation sites is 2. The largest absolute Gasteiger partial charge is 0.454 e. The Morgan fingerprint density at radius 3 is 1.20 bits per heavy atom. The van der Waals surface area contributed by atoms with Crippen molar-refractivity contribution >= 4 is 34.8 Å². The zero-order valence-electron chi connectivity index (χ0n) is 35.2. The summed E-state index contributed by atoms with van der Waals surface area (Å²) in [5.41, 5.74) is -1.41. The topological polar surface area (TPSA) is 166 Å². The number of halogens is 4. The Kier molecular flexibility index (Phi) is 16.3. The minimum Gasteiger partial charge on any atom is -0.454 e. The number of benzene rings is 4. The lowest BCUT2D eigenvalue weighted by molar-refractivity contribution is -0.123. The molecule has 2 heterocycles. The van der Waals surface area contributed by atoms with E-state index in [4.69, 9.17) is 9.47 Å². The summed E-state index contributed by atoms with van der Waals surface area (Å²) in [6.07, 6.45) is 2.87. The molecule has 0 aromatic heterocycles. The molecule has 4 aromatic carbocycles. The molecule has 0 spiro atoms. The van der Waals surface area contributed by atoms with Crippen molar-refractivity contribution in [2.24, 2.45) is 22.7 Å². The van der Waals surface area contributed by atoms with E-state index in [1.54, 1.807) is 90.1 Å². The van der Waals surface area contributed by atoms with Gasteiger partial charge in [-0.05, 0) is 76.1 Å². The molecule has 6 N–H and O–H groups in total. The average Bonchev–Trinajstić information content (AvgIpc) is 3.20. The molecule has 328 valence electrons. The number of carbonyl (C=O) groups excluding carboxylic acids is 4. The van der Waals surface area contributed by atoms with Crippen LogP contribution in [0.3, 0.4) is 0 Å². The molecule has 15 heteroatoms. The van der Waals surface area contributed by atoms with Gasteiger partial charge in [0, 0.05) is 46.9 Å². The van der Waals surface area contributed by atoms with Crippen molar-refractivity contribution in [2.45, 2.75) is 67.2 Å². The number of ether oxygens (including phenoxy) is 2. The van der Waals surface area contributed by atoms with Crippen molar-refractivity contribution in [2.75, 3.05) is 36.8 Å². The van der Waals surface area contributed by atoms with Crippen LogP contribution in [0.25, 0.3) is 0 Å². The second-order valence-electron chi connectivity index (χ2n) is 16.9. The molecule has 0 aliphatic carbocycles. The van der Waals surface area contributed by atoms with Crippen molar-refractivity contribution in [3.8, 4) is 23.0 Å². The molecule has 4 aromatic rings. The normalized spacial score (nSPS) is 14.7. The average molecular weight is 851 g/mol. The number of Topliss-reactive ketones (excluding diaryl/α,β-unsaturated/α-hetero) is 2. The van der Waals surface area contributed by atoms with E-state index in [0.29, 0.717) is 48.9 Å². The molecular weight excluding hydrogens is 797 g/mol. The first-order valence-corrected chi connectivity index (χ1v) is 20.0. The second kappa shape index (κ2) is 20.8. The number of carbonyl (C=O) groups is 4. The van der Waals surface area contributed by atoms with Gasteiger partial charge in [-0.2, -0.15) is 0 Å². The third-order valence-electron chi connectivity index (χ3n) is 10.0. The van der Waals surface area contributed by atoms with Crippen molar-refractivity contribution in [1.29, 1.82) is 0 Å². The first-order chi connectivity index (χ1) is 28.3. The fraction of sp³-hybridized carbons (Fsp3) is 0.391. The summed E-state index contributed by atoms with van der Waals surface area (Å²) in [6.45, 7) is 13.1. The van der Waals surface area contributed by atoms with Gasteiger partial charge in [0.15, 0.2) is 34.7 Å². The predicted octanol–water partition coefficient (Wildman–Crippen LogP) is 9.02. The van der Waals surface area contributed by atoms with E-state index < -0.39 is 45.9 Å². The van der Waals surface area contributed by atoms with E-state index >= 15 is 0 Å². The SMILES string of the molecule is CC(C)(C)C(=O)Nc1c(F)cc(F)cc1Oc1ccccc1C(=O)C1CCNCC1.CC(C)(C)C(=O)Nc1c(F)cc(F)cc1Oc1ccccc1C(=O)C1CCNCC1.O. The maximum Gasteiger partial charge on any atom is 0.229 e.